The summed E-state index contributed by atoms with van der Waals surface area (Å²) in [6.07, 6.45) is 0. The predicted molar refractivity (Wildman–Crippen MR) is 86.8 cm³/mol. The largest absolute Gasteiger partial charge is 0.457 e. The monoisotopic (exact) mass is 417 g/mol. The van der Waals surface area contributed by atoms with Gasteiger partial charge >= 0.3 is 5.97 Å². The molecule has 0 radical (unpaired) electrons. The highest BCUT2D eigenvalue weighted by molar-refractivity contribution is 9.11. The van der Waals surface area contributed by atoms with Crippen molar-refractivity contribution in [2.24, 2.45) is 0 Å². The zero-order valence-electron chi connectivity index (χ0n) is 10.2. The number of hydrogen-bond acceptors (Lipinski definition) is 3. The lowest BCUT2D eigenvalue weighted by Crippen LogP contribution is -2.07. The van der Waals surface area contributed by atoms with Gasteiger partial charge in [-0.1, -0.05) is 39.7 Å². The van der Waals surface area contributed by atoms with Crippen LogP contribution in [0.5, 0.6) is 0 Å². The van der Waals surface area contributed by atoms with Gasteiger partial charge in [0.1, 0.15) is 6.61 Å². The number of hydrogen-bond donors (Lipinski definition) is 1. The molecule has 2 aromatic carbocycles. The van der Waals surface area contributed by atoms with Crippen molar-refractivity contribution in [1.82, 2.24) is 0 Å². The number of nitrogens with two attached hydrogens (primary N) is 1. The number of anilines is 1. The molecule has 6 heteroatoms. The number of rotatable bonds is 3. The maximum atomic E-state index is 12.0. The van der Waals surface area contributed by atoms with Crippen molar-refractivity contribution in [1.29, 1.82) is 0 Å². The third-order valence-corrected chi connectivity index (χ3v) is 4.35. The maximum Gasteiger partial charge on any atom is 0.339 e. The van der Waals surface area contributed by atoms with E-state index in [4.69, 9.17) is 22.1 Å². The Morgan fingerprint density at radius 3 is 2.70 bits per heavy atom. The number of halogens is 3. The van der Waals surface area contributed by atoms with Crippen molar-refractivity contribution >= 4 is 55.1 Å². The molecular weight excluding hydrogens is 409 g/mol. The Bertz CT molecular complexity index is 662. The van der Waals surface area contributed by atoms with Crippen molar-refractivity contribution in [2.45, 2.75) is 6.61 Å². The van der Waals surface area contributed by atoms with Crippen molar-refractivity contribution < 1.29 is 9.53 Å². The summed E-state index contributed by atoms with van der Waals surface area (Å²) in [6, 6.07) is 10.4. The molecular formula is C14H10Br2ClNO2. The zero-order chi connectivity index (χ0) is 14.7. The van der Waals surface area contributed by atoms with Crippen LogP contribution >= 0.6 is 43.5 Å². The van der Waals surface area contributed by atoms with Crippen LogP contribution in [0.2, 0.25) is 5.02 Å². The lowest BCUT2D eigenvalue weighted by atomic mass is 10.2. The van der Waals surface area contributed by atoms with Crippen LogP contribution < -0.4 is 5.73 Å². The molecule has 0 aliphatic carbocycles. The molecule has 0 unspecified atom stereocenters. The van der Waals surface area contributed by atoms with Crippen LogP contribution in [-0.2, 0) is 11.3 Å². The van der Waals surface area contributed by atoms with Crippen LogP contribution in [0.3, 0.4) is 0 Å². The molecule has 0 aliphatic rings. The third kappa shape index (κ3) is 3.53. The van der Waals surface area contributed by atoms with E-state index in [1.54, 1.807) is 30.3 Å². The first-order valence-corrected chi connectivity index (χ1v) is 7.60. The molecule has 0 aromatic heterocycles. The predicted octanol–water partition coefficient (Wildman–Crippen LogP) is 4.80. The second-order valence-corrected chi connectivity index (χ2v) is 6.14. The summed E-state index contributed by atoms with van der Waals surface area (Å²) < 4.78 is 6.65. The van der Waals surface area contributed by atoms with E-state index in [2.05, 4.69) is 31.9 Å². The van der Waals surface area contributed by atoms with Gasteiger partial charge in [-0.05, 0) is 40.2 Å². The van der Waals surface area contributed by atoms with Crippen LogP contribution in [0.15, 0.2) is 45.3 Å². The molecule has 3 nitrogen and oxygen atoms in total. The molecule has 0 spiro atoms. The van der Waals surface area contributed by atoms with Crippen LogP contribution in [0.4, 0.5) is 5.69 Å². The minimum atomic E-state index is -0.455. The van der Waals surface area contributed by atoms with E-state index in [1.165, 1.54) is 0 Å². The molecule has 0 amide bonds. The molecule has 20 heavy (non-hydrogen) atoms. The Kier molecular flexibility index (Phi) is 5.07. The van der Waals surface area contributed by atoms with Crippen LogP contribution in [-0.4, -0.2) is 5.97 Å². The van der Waals surface area contributed by atoms with Gasteiger partial charge in [-0.2, -0.15) is 0 Å². The van der Waals surface area contributed by atoms with Gasteiger partial charge in [-0.15, -0.1) is 0 Å². The van der Waals surface area contributed by atoms with E-state index in [0.29, 0.717) is 20.7 Å². The average molecular weight is 420 g/mol. The summed E-state index contributed by atoms with van der Waals surface area (Å²) in [5.74, 6) is -0.455. The van der Waals surface area contributed by atoms with Crippen molar-refractivity contribution in [2.75, 3.05) is 5.73 Å². The minimum absolute atomic E-state index is 0.103. The van der Waals surface area contributed by atoms with E-state index in [0.717, 1.165) is 10.0 Å². The first-order valence-electron chi connectivity index (χ1n) is 5.64. The van der Waals surface area contributed by atoms with E-state index >= 15 is 0 Å². The SMILES string of the molecule is Nc1cccc(C(=O)OCc2ccc(Br)cc2Cl)c1Br. The normalized spacial score (nSPS) is 10.3. The molecule has 2 aromatic rings. The molecule has 0 fully saturated rings. The second-order valence-electron chi connectivity index (χ2n) is 4.02. The standard InChI is InChI=1S/C14H10Br2ClNO2/c15-9-5-4-8(11(17)6-9)7-20-14(19)10-2-1-3-12(18)13(10)16/h1-6H,7,18H2. The fourth-order valence-electron chi connectivity index (χ4n) is 1.57. The summed E-state index contributed by atoms with van der Waals surface area (Å²) in [5.41, 5.74) is 7.34. The molecule has 0 aliphatic heterocycles. The zero-order valence-corrected chi connectivity index (χ0v) is 14.1. The van der Waals surface area contributed by atoms with E-state index < -0.39 is 5.97 Å². The Hall–Kier alpha value is -1.04. The lowest BCUT2D eigenvalue weighted by molar-refractivity contribution is 0.0472. The van der Waals surface area contributed by atoms with Gasteiger partial charge in [0.2, 0.25) is 0 Å². The van der Waals surface area contributed by atoms with Crippen LogP contribution in [0, 0.1) is 0 Å². The van der Waals surface area contributed by atoms with Gasteiger partial charge in [0.15, 0.2) is 0 Å². The van der Waals surface area contributed by atoms with E-state index in [1.807, 2.05) is 6.07 Å². The lowest BCUT2D eigenvalue weighted by Gasteiger charge is -2.09. The molecule has 0 heterocycles. The van der Waals surface area contributed by atoms with E-state index in [9.17, 15) is 4.79 Å². The first-order chi connectivity index (χ1) is 9.49. The first kappa shape index (κ1) is 15.4. The van der Waals surface area contributed by atoms with Gasteiger partial charge in [-0.3, -0.25) is 0 Å². The smallest absolute Gasteiger partial charge is 0.339 e. The van der Waals surface area contributed by atoms with Gasteiger partial charge in [0.05, 0.1) is 10.0 Å². The fraction of sp³-hybridized carbons (Fsp3) is 0.0714. The molecule has 2 N–H and O–H groups in total. The van der Waals surface area contributed by atoms with Gasteiger partial charge in [-0.25, -0.2) is 4.79 Å². The number of ether oxygens (including phenoxy) is 1. The number of nitrogen functional groups attached to an aromatic ring is 1. The molecule has 2 rings (SSSR count). The maximum absolute atomic E-state index is 12.0. The fourth-order valence-corrected chi connectivity index (χ4v) is 2.72. The Morgan fingerprint density at radius 1 is 1.25 bits per heavy atom. The number of carbonyl (C=O) groups is 1. The minimum Gasteiger partial charge on any atom is -0.457 e. The summed E-state index contributed by atoms with van der Waals surface area (Å²) in [6.45, 7) is 0.103. The van der Waals surface area contributed by atoms with Gasteiger partial charge in [0.25, 0.3) is 0 Å². The molecule has 0 bridgehead atoms. The highest BCUT2D eigenvalue weighted by Gasteiger charge is 2.14. The Labute approximate surface area is 138 Å². The highest BCUT2D eigenvalue weighted by Crippen LogP contribution is 2.26. The average Bonchev–Trinajstić information content (AvgIpc) is 2.40. The van der Waals surface area contributed by atoms with Crippen LogP contribution in [0.1, 0.15) is 15.9 Å². The summed E-state index contributed by atoms with van der Waals surface area (Å²) >= 11 is 12.7. The second kappa shape index (κ2) is 6.61. The van der Waals surface area contributed by atoms with Crippen molar-refractivity contribution in [3.05, 3.63) is 61.5 Å². The number of carbonyl (C=O) groups excluding carboxylic acids is 1. The van der Waals surface area contributed by atoms with Gasteiger partial charge < -0.3 is 10.5 Å². The quantitative estimate of drug-likeness (QED) is 0.574. The summed E-state index contributed by atoms with van der Waals surface area (Å²) in [5, 5.41) is 0.541. The Morgan fingerprint density at radius 2 is 2.00 bits per heavy atom. The topological polar surface area (TPSA) is 52.3 Å². The molecule has 0 saturated heterocycles. The summed E-state index contributed by atoms with van der Waals surface area (Å²) in [7, 11) is 0. The highest BCUT2D eigenvalue weighted by atomic mass is 79.9. The molecule has 0 atom stereocenters. The van der Waals surface area contributed by atoms with Crippen molar-refractivity contribution in [3.8, 4) is 0 Å². The molecule has 0 saturated carbocycles. The van der Waals surface area contributed by atoms with Crippen molar-refractivity contribution in [3.63, 3.8) is 0 Å². The Balaban J connectivity index is 2.11. The summed E-state index contributed by atoms with van der Waals surface area (Å²) in [4.78, 5) is 12.0. The van der Waals surface area contributed by atoms with Crippen LogP contribution in [0.25, 0.3) is 0 Å². The third-order valence-electron chi connectivity index (χ3n) is 2.62. The van der Waals surface area contributed by atoms with E-state index in [-0.39, 0.29) is 6.61 Å². The molecule has 104 valence electrons. The van der Waals surface area contributed by atoms with Gasteiger partial charge in [0, 0.05) is 20.7 Å². The number of benzene rings is 2. The number of esters is 1.